The van der Waals surface area contributed by atoms with E-state index in [0.29, 0.717) is 11.3 Å². The van der Waals surface area contributed by atoms with Crippen LogP contribution in [0.15, 0.2) is 29.2 Å². The van der Waals surface area contributed by atoms with Gasteiger partial charge in [0.15, 0.2) is 5.78 Å². The quantitative estimate of drug-likeness (QED) is 0.732. The maximum atomic E-state index is 12.3. The normalized spacial score (nSPS) is 33.6. The Bertz CT molecular complexity index is 480. The SMILES string of the molecule is Cc1ccc(S(=O)[C@]23O[C@H]2CCC3=O)cc1. The molecule has 1 unspecified atom stereocenters. The van der Waals surface area contributed by atoms with Crippen LogP contribution in [0, 0.1) is 6.92 Å². The molecule has 0 radical (unpaired) electrons. The van der Waals surface area contributed by atoms with E-state index in [2.05, 4.69) is 0 Å². The average molecular weight is 236 g/mol. The third-order valence-corrected chi connectivity index (χ3v) is 5.05. The van der Waals surface area contributed by atoms with Crippen molar-refractivity contribution in [2.24, 2.45) is 0 Å². The van der Waals surface area contributed by atoms with E-state index in [4.69, 9.17) is 4.74 Å². The standard InChI is InChI=1S/C12H12O3S/c1-8-2-4-9(5-3-8)16(14)12-10(13)6-7-11(12)15-12/h2-5,11H,6-7H2,1H3/t11-,12-,16?/m0/s1. The van der Waals surface area contributed by atoms with Crippen molar-refractivity contribution in [2.75, 3.05) is 0 Å². The number of hydrogen-bond acceptors (Lipinski definition) is 3. The van der Waals surface area contributed by atoms with Gasteiger partial charge in [-0.05, 0) is 25.5 Å². The number of ketones is 1. The number of carbonyl (C=O) groups is 1. The summed E-state index contributed by atoms with van der Waals surface area (Å²) in [6, 6.07) is 7.43. The summed E-state index contributed by atoms with van der Waals surface area (Å²) in [7, 11) is -1.36. The van der Waals surface area contributed by atoms with Crippen LogP contribution in [0.5, 0.6) is 0 Å². The summed E-state index contributed by atoms with van der Waals surface area (Å²) in [4.78, 5) is 11.4. The molecule has 2 fully saturated rings. The fraction of sp³-hybridized carbons (Fsp3) is 0.417. The van der Waals surface area contributed by atoms with Gasteiger partial charge in [0.25, 0.3) is 0 Å². The lowest BCUT2D eigenvalue weighted by Gasteiger charge is -2.07. The highest BCUT2D eigenvalue weighted by molar-refractivity contribution is 7.87. The van der Waals surface area contributed by atoms with Gasteiger partial charge in [-0.25, -0.2) is 0 Å². The van der Waals surface area contributed by atoms with Crippen LogP contribution < -0.4 is 0 Å². The first-order chi connectivity index (χ1) is 7.64. The monoisotopic (exact) mass is 236 g/mol. The van der Waals surface area contributed by atoms with Crippen LogP contribution in [0.1, 0.15) is 18.4 Å². The van der Waals surface area contributed by atoms with Crippen molar-refractivity contribution in [3.05, 3.63) is 29.8 Å². The molecular weight excluding hydrogens is 224 g/mol. The molecule has 1 aromatic rings. The molecule has 2 aliphatic rings. The van der Waals surface area contributed by atoms with Gasteiger partial charge >= 0.3 is 0 Å². The fourth-order valence-electron chi connectivity index (χ4n) is 2.21. The molecule has 1 aliphatic carbocycles. The summed E-state index contributed by atoms with van der Waals surface area (Å²) in [5.74, 6) is -0.00333. The Kier molecular flexibility index (Phi) is 2.06. The van der Waals surface area contributed by atoms with Crippen LogP contribution in [0.3, 0.4) is 0 Å². The van der Waals surface area contributed by atoms with Crippen molar-refractivity contribution < 1.29 is 13.7 Å². The molecule has 3 rings (SSSR count). The van der Waals surface area contributed by atoms with E-state index in [1.807, 2.05) is 31.2 Å². The molecule has 0 amide bonds. The second-order valence-electron chi connectivity index (χ2n) is 4.32. The number of fused-ring (bicyclic) bond motifs is 1. The van der Waals surface area contributed by atoms with Gasteiger partial charge in [-0.3, -0.25) is 9.00 Å². The van der Waals surface area contributed by atoms with Crippen molar-refractivity contribution in [1.82, 2.24) is 0 Å². The summed E-state index contributed by atoms with van der Waals surface area (Å²) < 4.78 is 17.6. The van der Waals surface area contributed by atoms with Crippen molar-refractivity contribution in [2.45, 2.75) is 35.7 Å². The number of epoxide rings is 1. The molecule has 0 aromatic heterocycles. The van der Waals surface area contributed by atoms with Gasteiger partial charge in [0.1, 0.15) is 6.10 Å². The smallest absolute Gasteiger partial charge is 0.232 e. The molecule has 0 spiro atoms. The molecule has 1 saturated heterocycles. The number of rotatable bonds is 2. The predicted molar refractivity (Wildman–Crippen MR) is 59.4 cm³/mol. The molecule has 3 atom stereocenters. The zero-order valence-corrected chi connectivity index (χ0v) is 9.75. The topological polar surface area (TPSA) is 46.7 Å². The summed E-state index contributed by atoms with van der Waals surface area (Å²) in [6.45, 7) is 1.97. The maximum Gasteiger partial charge on any atom is 0.232 e. The molecule has 16 heavy (non-hydrogen) atoms. The van der Waals surface area contributed by atoms with E-state index in [0.717, 1.165) is 12.0 Å². The van der Waals surface area contributed by atoms with Crippen LogP contribution in [-0.4, -0.2) is 21.0 Å². The Morgan fingerprint density at radius 3 is 2.56 bits per heavy atom. The first kappa shape index (κ1) is 10.2. The van der Waals surface area contributed by atoms with Gasteiger partial charge in [-0.2, -0.15) is 0 Å². The zero-order valence-electron chi connectivity index (χ0n) is 8.93. The van der Waals surface area contributed by atoms with E-state index in [9.17, 15) is 9.00 Å². The minimum atomic E-state index is -1.36. The molecule has 1 saturated carbocycles. The van der Waals surface area contributed by atoms with E-state index in [1.165, 1.54) is 0 Å². The van der Waals surface area contributed by atoms with Gasteiger partial charge in [0.05, 0.1) is 10.8 Å². The maximum absolute atomic E-state index is 12.3. The number of hydrogen-bond donors (Lipinski definition) is 0. The second-order valence-corrected chi connectivity index (χ2v) is 5.93. The van der Waals surface area contributed by atoms with Crippen molar-refractivity contribution in [3.8, 4) is 0 Å². The van der Waals surface area contributed by atoms with Crippen molar-refractivity contribution in [1.29, 1.82) is 0 Å². The molecule has 1 heterocycles. The average Bonchev–Trinajstić information content (AvgIpc) is 2.94. The van der Waals surface area contributed by atoms with Gasteiger partial charge in [0, 0.05) is 11.3 Å². The molecule has 3 nitrogen and oxygen atoms in total. The van der Waals surface area contributed by atoms with E-state index < -0.39 is 15.7 Å². The van der Waals surface area contributed by atoms with Crippen molar-refractivity contribution in [3.63, 3.8) is 0 Å². The first-order valence-electron chi connectivity index (χ1n) is 5.34. The zero-order chi connectivity index (χ0) is 11.3. The van der Waals surface area contributed by atoms with Crippen LogP contribution >= 0.6 is 0 Å². The van der Waals surface area contributed by atoms with Gasteiger partial charge in [-0.1, -0.05) is 17.7 Å². The van der Waals surface area contributed by atoms with Gasteiger partial charge in [-0.15, -0.1) is 0 Å². The lowest BCUT2D eigenvalue weighted by atomic mass is 10.2. The van der Waals surface area contributed by atoms with E-state index in [-0.39, 0.29) is 11.9 Å². The lowest BCUT2D eigenvalue weighted by Crippen LogP contribution is -2.27. The minimum Gasteiger partial charge on any atom is -0.344 e. The van der Waals surface area contributed by atoms with Crippen molar-refractivity contribution >= 4 is 16.6 Å². The van der Waals surface area contributed by atoms with Crippen LogP contribution in [0.4, 0.5) is 0 Å². The van der Waals surface area contributed by atoms with Gasteiger partial charge in [0.2, 0.25) is 4.93 Å². The summed E-state index contributed by atoms with van der Waals surface area (Å²) >= 11 is 0. The molecule has 0 bridgehead atoms. The fourth-order valence-corrected chi connectivity index (χ4v) is 3.81. The Morgan fingerprint density at radius 2 is 2.06 bits per heavy atom. The number of carbonyl (C=O) groups excluding carboxylic acids is 1. The highest BCUT2D eigenvalue weighted by Crippen LogP contribution is 2.51. The number of ether oxygens (including phenoxy) is 1. The molecule has 84 valence electrons. The predicted octanol–water partition coefficient (Wildman–Crippen LogP) is 1.56. The summed E-state index contributed by atoms with van der Waals surface area (Å²) in [6.07, 6.45) is 1.11. The lowest BCUT2D eigenvalue weighted by molar-refractivity contribution is -0.121. The third-order valence-electron chi connectivity index (χ3n) is 3.22. The number of benzene rings is 1. The van der Waals surface area contributed by atoms with E-state index >= 15 is 0 Å². The highest BCUT2D eigenvalue weighted by Gasteiger charge is 2.70. The number of Topliss-reactive ketones (excluding diaryl/α,β-unsaturated/α-hetero) is 1. The first-order valence-corrected chi connectivity index (χ1v) is 6.49. The van der Waals surface area contributed by atoms with Crippen LogP contribution in [-0.2, 0) is 20.3 Å². The highest BCUT2D eigenvalue weighted by atomic mass is 32.2. The second kappa shape index (κ2) is 3.25. The Labute approximate surface area is 96.3 Å². The minimum absolute atomic E-state index is 0.00333. The number of aryl methyl sites for hydroxylation is 1. The Hall–Kier alpha value is -1.00. The van der Waals surface area contributed by atoms with E-state index in [1.54, 1.807) is 0 Å². The Morgan fingerprint density at radius 1 is 1.38 bits per heavy atom. The largest absolute Gasteiger partial charge is 0.344 e. The third kappa shape index (κ3) is 1.23. The molecular formula is C12H12O3S. The summed E-state index contributed by atoms with van der Waals surface area (Å²) in [5.41, 5.74) is 1.12. The van der Waals surface area contributed by atoms with Crippen LogP contribution in [0.2, 0.25) is 0 Å². The molecule has 1 aromatic carbocycles. The van der Waals surface area contributed by atoms with Crippen LogP contribution in [0.25, 0.3) is 0 Å². The molecule has 4 heteroatoms. The molecule has 0 N–H and O–H groups in total. The Balaban J connectivity index is 1.94. The van der Waals surface area contributed by atoms with Gasteiger partial charge < -0.3 is 4.74 Å². The summed E-state index contributed by atoms with van der Waals surface area (Å²) in [5, 5.41) is 0. The molecule has 1 aliphatic heterocycles.